The lowest BCUT2D eigenvalue weighted by molar-refractivity contribution is 0.354. The maximum Gasteiger partial charge on any atom is 0.161 e. The molecule has 4 nitrogen and oxygen atoms in total. The maximum atomic E-state index is 6.20. The lowest BCUT2D eigenvalue weighted by atomic mass is 10.0. The zero-order chi connectivity index (χ0) is 14.7. The Hall–Kier alpha value is -1.49. The molecule has 0 aliphatic rings. The molecule has 0 spiro atoms. The topological polar surface area (TPSA) is 57.4 Å². The zero-order valence-corrected chi connectivity index (χ0v) is 12.6. The number of hydrogen-bond donors (Lipinski definition) is 1. The lowest BCUT2D eigenvalue weighted by Gasteiger charge is -2.15. The quantitative estimate of drug-likeness (QED) is 0.939. The van der Waals surface area contributed by atoms with E-state index in [1.165, 1.54) is 6.20 Å². The highest BCUT2D eigenvalue weighted by molar-refractivity contribution is 6.34. The van der Waals surface area contributed by atoms with Crippen molar-refractivity contribution >= 4 is 23.2 Å². The Morgan fingerprint density at radius 3 is 2.40 bits per heavy atom. The number of nitrogens with two attached hydrogens (primary N) is 1. The van der Waals surface area contributed by atoms with Crippen LogP contribution in [-0.4, -0.2) is 19.2 Å². The minimum absolute atomic E-state index is 0.430. The number of rotatable bonds is 4. The molecule has 1 atom stereocenters. The number of benzene rings is 1. The van der Waals surface area contributed by atoms with Crippen molar-refractivity contribution in [3.63, 3.8) is 0 Å². The van der Waals surface area contributed by atoms with Crippen molar-refractivity contribution in [1.82, 2.24) is 4.98 Å². The molecule has 2 N–H and O–H groups in total. The summed E-state index contributed by atoms with van der Waals surface area (Å²) >= 11 is 12.0. The molecule has 0 aliphatic heterocycles. The van der Waals surface area contributed by atoms with Crippen LogP contribution in [0.3, 0.4) is 0 Å². The van der Waals surface area contributed by atoms with Gasteiger partial charge in [-0.3, -0.25) is 4.98 Å². The van der Waals surface area contributed by atoms with E-state index in [9.17, 15) is 0 Å². The van der Waals surface area contributed by atoms with Crippen LogP contribution in [0.4, 0.5) is 0 Å². The fourth-order valence-electron chi connectivity index (χ4n) is 1.86. The van der Waals surface area contributed by atoms with E-state index in [4.69, 9.17) is 38.4 Å². The Morgan fingerprint density at radius 2 is 1.80 bits per heavy atom. The minimum Gasteiger partial charge on any atom is -0.493 e. The number of pyridine rings is 1. The summed E-state index contributed by atoms with van der Waals surface area (Å²) in [7, 11) is 3.15. The van der Waals surface area contributed by atoms with E-state index in [1.54, 1.807) is 32.4 Å². The van der Waals surface area contributed by atoms with E-state index < -0.39 is 6.04 Å². The molecule has 0 aliphatic carbocycles. The van der Waals surface area contributed by atoms with Crippen molar-refractivity contribution in [2.75, 3.05) is 14.2 Å². The first-order chi connectivity index (χ1) is 9.56. The number of halogens is 2. The SMILES string of the molecule is COc1ccc(C(N)c2ncc(Cl)cc2Cl)cc1OC. The van der Waals surface area contributed by atoms with Crippen molar-refractivity contribution in [2.24, 2.45) is 5.73 Å². The van der Waals surface area contributed by atoms with E-state index in [0.717, 1.165) is 5.56 Å². The van der Waals surface area contributed by atoms with Crippen molar-refractivity contribution in [2.45, 2.75) is 6.04 Å². The normalized spacial score (nSPS) is 12.1. The molecule has 0 amide bonds. The van der Waals surface area contributed by atoms with Crippen LogP contribution in [0, 0.1) is 0 Å². The van der Waals surface area contributed by atoms with Gasteiger partial charge in [0.05, 0.1) is 36.0 Å². The van der Waals surface area contributed by atoms with Crippen molar-refractivity contribution in [1.29, 1.82) is 0 Å². The second-order valence-electron chi connectivity index (χ2n) is 4.11. The molecule has 106 valence electrons. The van der Waals surface area contributed by atoms with Gasteiger partial charge in [0.2, 0.25) is 0 Å². The molecule has 0 bridgehead atoms. The standard InChI is InChI=1S/C14H14Cl2N2O2/c1-19-11-4-3-8(5-12(11)20-2)13(17)14-10(16)6-9(15)7-18-14/h3-7,13H,17H2,1-2H3. The highest BCUT2D eigenvalue weighted by Gasteiger charge is 2.16. The number of nitrogens with zero attached hydrogens (tertiary/aromatic N) is 1. The molecule has 0 saturated heterocycles. The second-order valence-corrected chi connectivity index (χ2v) is 4.96. The van der Waals surface area contributed by atoms with Gasteiger partial charge in [-0.25, -0.2) is 0 Å². The van der Waals surface area contributed by atoms with Crippen LogP contribution in [0.2, 0.25) is 10.0 Å². The molecular formula is C14H14Cl2N2O2. The summed E-state index contributed by atoms with van der Waals surface area (Å²) < 4.78 is 10.4. The molecular weight excluding hydrogens is 299 g/mol. The fourth-order valence-corrected chi connectivity index (χ4v) is 2.36. The molecule has 2 aromatic rings. The third-order valence-corrected chi connectivity index (χ3v) is 3.41. The molecule has 0 radical (unpaired) electrons. The zero-order valence-electron chi connectivity index (χ0n) is 11.1. The molecule has 0 saturated carbocycles. The van der Waals surface area contributed by atoms with E-state index in [1.807, 2.05) is 6.07 Å². The molecule has 2 rings (SSSR count). The van der Waals surface area contributed by atoms with Crippen molar-refractivity contribution in [3.05, 3.63) is 51.8 Å². The van der Waals surface area contributed by atoms with Crippen LogP contribution >= 0.6 is 23.2 Å². The number of methoxy groups -OCH3 is 2. The van der Waals surface area contributed by atoms with Gasteiger partial charge in [0.1, 0.15) is 0 Å². The number of hydrogen-bond acceptors (Lipinski definition) is 4. The Labute approximate surface area is 127 Å². The highest BCUT2D eigenvalue weighted by atomic mass is 35.5. The predicted molar refractivity (Wildman–Crippen MR) is 79.8 cm³/mol. The summed E-state index contributed by atoms with van der Waals surface area (Å²) in [6, 6.07) is 6.58. The maximum absolute atomic E-state index is 6.20. The second kappa shape index (κ2) is 6.31. The van der Waals surface area contributed by atoms with Gasteiger partial charge in [-0.05, 0) is 23.8 Å². The van der Waals surface area contributed by atoms with Gasteiger partial charge in [-0.2, -0.15) is 0 Å². The third-order valence-electron chi connectivity index (χ3n) is 2.90. The van der Waals surface area contributed by atoms with Crippen LogP contribution in [0.5, 0.6) is 11.5 Å². The van der Waals surface area contributed by atoms with Crippen LogP contribution < -0.4 is 15.2 Å². The lowest BCUT2D eigenvalue weighted by Crippen LogP contribution is -2.14. The van der Waals surface area contributed by atoms with Crippen molar-refractivity contribution < 1.29 is 9.47 Å². The summed E-state index contributed by atoms with van der Waals surface area (Å²) in [6.45, 7) is 0. The van der Waals surface area contributed by atoms with E-state index in [0.29, 0.717) is 27.2 Å². The molecule has 0 fully saturated rings. The molecule has 1 aromatic heterocycles. The predicted octanol–water partition coefficient (Wildman–Crippen LogP) is 3.45. The van der Waals surface area contributed by atoms with E-state index in [-0.39, 0.29) is 0 Å². The summed E-state index contributed by atoms with van der Waals surface area (Å²) in [5.41, 5.74) is 7.57. The number of ether oxygens (including phenoxy) is 2. The van der Waals surface area contributed by atoms with Crippen LogP contribution in [0.25, 0.3) is 0 Å². The number of aromatic nitrogens is 1. The van der Waals surface area contributed by atoms with E-state index in [2.05, 4.69) is 4.98 Å². The Morgan fingerprint density at radius 1 is 1.10 bits per heavy atom. The minimum atomic E-state index is -0.473. The van der Waals surface area contributed by atoms with Gasteiger partial charge in [0.15, 0.2) is 11.5 Å². The van der Waals surface area contributed by atoms with Gasteiger partial charge >= 0.3 is 0 Å². The summed E-state index contributed by atoms with van der Waals surface area (Å²) in [5.74, 6) is 1.24. The van der Waals surface area contributed by atoms with Gasteiger partial charge in [0, 0.05) is 6.20 Å². The monoisotopic (exact) mass is 312 g/mol. The molecule has 1 unspecified atom stereocenters. The molecule has 6 heteroatoms. The first-order valence-electron chi connectivity index (χ1n) is 5.85. The molecule has 1 aromatic carbocycles. The summed E-state index contributed by atoms with van der Waals surface area (Å²) in [4.78, 5) is 4.19. The van der Waals surface area contributed by atoms with Gasteiger partial charge in [-0.1, -0.05) is 29.3 Å². The Balaban J connectivity index is 2.40. The van der Waals surface area contributed by atoms with Gasteiger partial charge in [0.25, 0.3) is 0 Å². The summed E-state index contributed by atoms with van der Waals surface area (Å²) in [5, 5.41) is 0.901. The third kappa shape index (κ3) is 2.98. The summed E-state index contributed by atoms with van der Waals surface area (Å²) in [6.07, 6.45) is 1.52. The smallest absolute Gasteiger partial charge is 0.161 e. The van der Waals surface area contributed by atoms with E-state index >= 15 is 0 Å². The molecule has 20 heavy (non-hydrogen) atoms. The highest BCUT2D eigenvalue weighted by Crippen LogP contribution is 2.33. The largest absolute Gasteiger partial charge is 0.493 e. The van der Waals surface area contributed by atoms with Gasteiger partial charge in [-0.15, -0.1) is 0 Å². The fraction of sp³-hybridized carbons (Fsp3) is 0.214. The molecule has 1 heterocycles. The first kappa shape index (κ1) is 14.9. The van der Waals surface area contributed by atoms with Crippen LogP contribution in [-0.2, 0) is 0 Å². The van der Waals surface area contributed by atoms with Crippen LogP contribution in [0.15, 0.2) is 30.5 Å². The Bertz CT molecular complexity index is 620. The average Bonchev–Trinajstić information content (AvgIpc) is 2.45. The van der Waals surface area contributed by atoms with Crippen LogP contribution in [0.1, 0.15) is 17.3 Å². The van der Waals surface area contributed by atoms with Crippen molar-refractivity contribution in [3.8, 4) is 11.5 Å². The Kier molecular flexibility index (Phi) is 4.70. The van der Waals surface area contributed by atoms with Gasteiger partial charge < -0.3 is 15.2 Å². The average molecular weight is 313 g/mol. The first-order valence-corrected chi connectivity index (χ1v) is 6.61.